The van der Waals surface area contributed by atoms with Crippen LogP contribution in [0.1, 0.15) is 13.3 Å². The number of rotatable bonds is 5. The number of ether oxygens (including phenoxy) is 1. The molecule has 1 atom stereocenters. The average molecular weight is 255 g/mol. The summed E-state index contributed by atoms with van der Waals surface area (Å²) in [6.45, 7) is 8.77. The standard InChI is InChI=1S/C13H25N3O2/c1-11(10-18-2)7-13(17)16-5-3-15(4-6-16)12-8-14-9-12/h11-12,14H,3-10H2,1-2H3. The zero-order valence-electron chi connectivity index (χ0n) is 11.5. The number of hydrogen-bond donors (Lipinski definition) is 1. The number of amides is 1. The molecule has 0 aromatic rings. The predicted molar refractivity (Wildman–Crippen MR) is 70.5 cm³/mol. The molecule has 2 aliphatic rings. The molecule has 0 saturated carbocycles. The van der Waals surface area contributed by atoms with E-state index in [1.54, 1.807) is 7.11 Å². The van der Waals surface area contributed by atoms with Gasteiger partial charge in [-0.05, 0) is 5.92 Å². The molecule has 1 N–H and O–H groups in total. The Bertz CT molecular complexity index is 273. The summed E-state index contributed by atoms with van der Waals surface area (Å²) < 4.78 is 5.08. The van der Waals surface area contributed by atoms with Crippen molar-refractivity contribution in [2.45, 2.75) is 19.4 Å². The Morgan fingerprint density at radius 1 is 1.33 bits per heavy atom. The molecule has 0 aromatic heterocycles. The number of nitrogens with zero attached hydrogens (tertiary/aromatic N) is 2. The minimum absolute atomic E-state index is 0.283. The molecule has 2 heterocycles. The lowest BCUT2D eigenvalue weighted by Crippen LogP contribution is -2.62. The maximum atomic E-state index is 12.1. The first-order valence-electron chi connectivity index (χ1n) is 6.92. The Labute approximate surface area is 109 Å². The Morgan fingerprint density at radius 3 is 2.50 bits per heavy atom. The second-order valence-corrected chi connectivity index (χ2v) is 5.49. The van der Waals surface area contributed by atoms with Crippen molar-refractivity contribution in [1.29, 1.82) is 0 Å². The first kappa shape index (κ1) is 13.8. The molecule has 2 aliphatic heterocycles. The third-order valence-electron chi connectivity index (χ3n) is 3.92. The highest BCUT2D eigenvalue weighted by atomic mass is 16.5. The summed E-state index contributed by atoms with van der Waals surface area (Å²) in [6, 6.07) is 0.703. The summed E-state index contributed by atoms with van der Waals surface area (Å²) in [5, 5.41) is 3.30. The van der Waals surface area contributed by atoms with Gasteiger partial charge in [-0.2, -0.15) is 0 Å². The Morgan fingerprint density at radius 2 is 2.00 bits per heavy atom. The van der Waals surface area contributed by atoms with E-state index in [0.717, 1.165) is 39.3 Å². The van der Waals surface area contributed by atoms with Crippen LogP contribution < -0.4 is 5.32 Å². The summed E-state index contributed by atoms with van der Waals surface area (Å²) in [4.78, 5) is 16.6. The van der Waals surface area contributed by atoms with E-state index in [-0.39, 0.29) is 5.91 Å². The largest absolute Gasteiger partial charge is 0.384 e. The fourth-order valence-corrected chi connectivity index (χ4v) is 2.64. The van der Waals surface area contributed by atoms with Crippen molar-refractivity contribution in [1.82, 2.24) is 15.1 Å². The third-order valence-corrected chi connectivity index (χ3v) is 3.92. The molecule has 1 unspecified atom stereocenters. The molecule has 5 nitrogen and oxygen atoms in total. The first-order valence-corrected chi connectivity index (χ1v) is 6.92. The lowest BCUT2D eigenvalue weighted by atomic mass is 10.1. The highest BCUT2D eigenvalue weighted by Crippen LogP contribution is 2.12. The van der Waals surface area contributed by atoms with Gasteiger partial charge in [-0.25, -0.2) is 0 Å². The van der Waals surface area contributed by atoms with Crippen LogP contribution in [0.3, 0.4) is 0 Å². The van der Waals surface area contributed by atoms with E-state index in [2.05, 4.69) is 17.1 Å². The lowest BCUT2D eigenvalue weighted by molar-refractivity contribution is -0.134. The van der Waals surface area contributed by atoms with Gasteiger partial charge in [-0.3, -0.25) is 9.69 Å². The van der Waals surface area contributed by atoms with Crippen LogP contribution >= 0.6 is 0 Å². The summed E-state index contributed by atoms with van der Waals surface area (Å²) in [7, 11) is 1.69. The van der Waals surface area contributed by atoms with E-state index in [9.17, 15) is 4.79 Å². The van der Waals surface area contributed by atoms with Crippen molar-refractivity contribution < 1.29 is 9.53 Å². The van der Waals surface area contributed by atoms with Crippen LogP contribution in [0, 0.1) is 5.92 Å². The minimum Gasteiger partial charge on any atom is -0.384 e. The van der Waals surface area contributed by atoms with E-state index in [1.807, 2.05) is 4.90 Å². The molecule has 5 heteroatoms. The quantitative estimate of drug-likeness (QED) is 0.737. The summed E-state index contributed by atoms with van der Waals surface area (Å²) in [6.07, 6.45) is 0.610. The van der Waals surface area contributed by atoms with E-state index in [4.69, 9.17) is 4.74 Å². The highest BCUT2D eigenvalue weighted by molar-refractivity contribution is 5.76. The lowest BCUT2D eigenvalue weighted by Gasteiger charge is -2.43. The maximum Gasteiger partial charge on any atom is 0.223 e. The molecular formula is C13H25N3O2. The van der Waals surface area contributed by atoms with Crippen molar-refractivity contribution in [3.63, 3.8) is 0 Å². The molecular weight excluding hydrogens is 230 g/mol. The fraction of sp³-hybridized carbons (Fsp3) is 0.923. The monoisotopic (exact) mass is 255 g/mol. The van der Waals surface area contributed by atoms with Gasteiger partial charge in [-0.1, -0.05) is 6.92 Å². The number of piperazine rings is 1. The van der Waals surface area contributed by atoms with Gasteiger partial charge < -0.3 is 15.0 Å². The van der Waals surface area contributed by atoms with Gasteiger partial charge >= 0.3 is 0 Å². The first-order chi connectivity index (χ1) is 8.70. The average Bonchev–Trinajstić information content (AvgIpc) is 2.27. The van der Waals surface area contributed by atoms with Gasteiger partial charge in [-0.15, -0.1) is 0 Å². The molecule has 2 rings (SSSR count). The van der Waals surface area contributed by atoms with Crippen molar-refractivity contribution in [2.75, 3.05) is 53.0 Å². The molecule has 0 radical (unpaired) electrons. The van der Waals surface area contributed by atoms with E-state index in [0.29, 0.717) is 25.0 Å². The van der Waals surface area contributed by atoms with Crippen LogP contribution in [0.4, 0.5) is 0 Å². The Hall–Kier alpha value is -0.650. The highest BCUT2D eigenvalue weighted by Gasteiger charge is 2.29. The van der Waals surface area contributed by atoms with E-state index < -0.39 is 0 Å². The smallest absolute Gasteiger partial charge is 0.223 e. The van der Waals surface area contributed by atoms with Crippen LogP contribution in [0.15, 0.2) is 0 Å². The van der Waals surface area contributed by atoms with Crippen molar-refractivity contribution in [2.24, 2.45) is 5.92 Å². The van der Waals surface area contributed by atoms with Crippen LogP contribution in [-0.2, 0) is 9.53 Å². The molecule has 18 heavy (non-hydrogen) atoms. The number of carbonyl (C=O) groups is 1. The number of hydrogen-bond acceptors (Lipinski definition) is 4. The molecule has 0 aromatic carbocycles. The fourth-order valence-electron chi connectivity index (χ4n) is 2.64. The molecule has 0 spiro atoms. The maximum absolute atomic E-state index is 12.1. The summed E-state index contributed by atoms with van der Waals surface area (Å²) >= 11 is 0. The zero-order chi connectivity index (χ0) is 13.0. The van der Waals surface area contributed by atoms with Crippen LogP contribution in [0.25, 0.3) is 0 Å². The van der Waals surface area contributed by atoms with Crippen LogP contribution in [-0.4, -0.2) is 74.7 Å². The second-order valence-electron chi connectivity index (χ2n) is 5.49. The zero-order valence-corrected chi connectivity index (χ0v) is 11.5. The van der Waals surface area contributed by atoms with E-state index >= 15 is 0 Å². The van der Waals surface area contributed by atoms with Gasteiger partial charge in [0.15, 0.2) is 0 Å². The molecule has 0 bridgehead atoms. The molecule has 0 aliphatic carbocycles. The Balaban J connectivity index is 1.69. The van der Waals surface area contributed by atoms with Gasteiger partial charge in [0, 0.05) is 65.4 Å². The van der Waals surface area contributed by atoms with Crippen LogP contribution in [0.2, 0.25) is 0 Å². The number of methoxy groups -OCH3 is 1. The molecule has 104 valence electrons. The topological polar surface area (TPSA) is 44.8 Å². The van der Waals surface area contributed by atoms with Crippen LogP contribution in [0.5, 0.6) is 0 Å². The normalized spacial score (nSPS) is 23.8. The van der Waals surface area contributed by atoms with E-state index in [1.165, 1.54) is 0 Å². The van der Waals surface area contributed by atoms with Gasteiger partial charge in [0.05, 0.1) is 0 Å². The van der Waals surface area contributed by atoms with Crippen molar-refractivity contribution >= 4 is 5.91 Å². The van der Waals surface area contributed by atoms with Gasteiger partial charge in [0.2, 0.25) is 5.91 Å². The summed E-state index contributed by atoms with van der Waals surface area (Å²) in [5.74, 6) is 0.599. The number of carbonyl (C=O) groups excluding carboxylic acids is 1. The SMILES string of the molecule is COCC(C)CC(=O)N1CCN(C2CNC2)CC1. The predicted octanol–water partition coefficient (Wildman–Crippen LogP) is -0.225. The van der Waals surface area contributed by atoms with Crippen molar-refractivity contribution in [3.05, 3.63) is 0 Å². The van der Waals surface area contributed by atoms with Crippen molar-refractivity contribution in [3.8, 4) is 0 Å². The van der Waals surface area contributed by atoms with Gasteiger partial charge in [0.1, 0.15) is 0 Å². The molecule has 2 saturated heterocycles. The second kappa shape index (κ2) is 6.50. The molecule has 2 fully saturated rings. The van der Waals surface area contributed by atoms with Gasteiger partial charge in [0.25, 0.3) is 0 Å². The summed E-state index contributed by atoms with van der Waals surface area (Å²) in [5.41, 5.74) is 0. The number of nitrogens with one attached hydrogen (secondary N) is 1. The Kier molecular flexibility index (Phi) is 4.97. The third kappa shape index (κ3) is 3.43. The minimum atomic E-state index is 0.283. The molecule has 1 amide bonds.